The molecule has 2 aliphatic heterocycles. The molecule has 2 saturated heterocycles. The van der Waals surface area contributed by atoms with Crippen molar-refractivity contribution >= 4 is 17.6 Å². The number of likely N-dealkylation sites (tertiary alicyclic amines) is 1. The minimum atomic E-state index is -0.0707. The maximum absolute atomic E-state index is 12.2. The summed E-state index contributed by atoms with van der Waals surface area (Å²) >= 11 is 0. The lowest BCUT2D eigenvalue weighted by atomic mass is 10.1. The third kappa shape index (κ3) is 2.28. The molecule has 0 aliphatic carbocycles. The standard InChI is InChI=1S/C14H17N3O2/c18-13(16-8-1-2-9-16)11-3-5-12(6-4-11)17-10-7-15-14(17)19/h3-6H,1-2,7-10H2,(H,15,19). The van der Waals surface area contributed by atoms with Gasteiger partial charge < -0.3 is 10.2 Å². The molecule has 2 heterocycles. The van der Waals surface area contributed by atoms with E-state index in [-0.39, 0.29) is 11.9 Å². The molecule has 5 nitrogen and oxygen atoms in total. The molecular formula is C14H17N3O2. The summed E-state index contributed by atoms with van der Waals surface area (Å²) in [5.74, 6) is 0.0925. The summed E-state index contributed by atoms with van der Waals surface area (Å²) in [6.07, 6.45) is 2.19. The van der Waals surface area contributed by atoms with Crippen molar-refractivity contribution in [2.45, 2.75) is 12.8 Å². The Morgan fingerprint density at radius 3 is 2.32 bits per heavy atom. The minimum absolute atomic E-state index is 0.0707. The van der Waals surface area contributed by atoms with Crippen LogP contribution in [0, 0.1) is 0 Å². The van der Waals surface area contributed by atoms with E-state index >= 15 is 0 Å². The summed E-state index contributed by atoms with van der Waals surface area (Å²) in [6, 6.07) is 7.23. The highest BCUT2D eigenvalue weighted by atomic mass is 16.2. The molecule has 2 aliphatic rings. The van der Waals surface area contributed by atoms with Gasteiger partial charge in [-0.15, -0.1) is 0 Å². The molecule has 3 rings (SSSR count). The molecule has 0 radical (unpaired) electrons. The zero-order valence-corrected chi connectivity index (χ0v) is 10.8. The second-order valence-electron chi connectivity index (χ2n) is 4.93. The van der Waals surface area contributed by atoms with Crippen molar-refractivity contribution in [3.63, 3.8) is 0 Å². The van der Waals surface area contributed by atoms with Crippen molar-refractivity contribution in [1.29, 1.82) is 0 Å². The number of anilines is 1. The number of benzene rings is 1. The molecule has 0 aromatic heterocycles. The van der Waals surface area contributed by atoms with Gasteiger partial charge in [-0.3, -0.25) is 9.69 Å². The Labute approximate surface area is 112 Å². The van der Waals surface area contributed by atoms with Crippen molar-refractivity contribution in [3.05, 3.63) is 29.8 Å². The van der Waals surface area contributed by atoms with E-state index in [0.717, 1.165) is 31.6 Å². The Hall–Kier alpha value is -2.04. The van der Waals surface area contributed by atoms with E-state index in [4.69, 9.17) is 0 Å². The second-order valence-corrected chi connectivity index (χ2v) is 4.93. The van der Waals surface area contributed by atoms with Crippen molar-refractivity contribution < 1.29 is 9.59 Å². The van der Waals surface area contributed by atoms with Gasteiger partial charge in [0.05, 0.1) is 0 Å². The summed E-state index contributed by atoms with van der Waals surface area (Å²) in [5.41, 5.74) is 1.54. The van der Waals surface area contributed by atoms with Crippen LogP contribution < -0.4 is 10.2 Å². The van der Waals surface area contributed by atoms with E-state index < -0.39 is 0 Å². The fourth-order valence-electron chi connectivity index (χ4n) is 2.60. The topological polar surface area (TPSA) is 52.7 Å². The fourth-order valence-corrected chi connectivity index (χ4v) is 2.60. The van der Waals surface area contributed by atoms with E-state index in [1.165, 1.54) is 0 Å². The number of nitrogens with one attached hydrogen (secondary N) is 1. The number of nitrogens with zero attached hydrogens (tertiary/aromatic N) is 2. The zero-order chi connectivity index (χ0) is 13.2. The van der Waals surface area contributed by atoms with Gasteiger partial charge in [-0.1, -0.05) is 0 Å². The third-order valence-electron chi connectivity index (χ3n) is 3.68. The number of carbonyl (C=O) groups excluding carboxylic acids is 2. The van der Waals surface area contributed by atoms with E-state index in [0.29, 0.717) is 18.7 Å². The van der Waals surface area contributed by atoms with Crippen molar-refractivity contribution in [2.24, 2.45) is 0 Å². The maximum atomic E-state index is 12.2. The number of hydrogen-bond acceptors (Lipinski definition) is 2. The van der Waals surface area contributed by atoms with Gasteiger partial charge in [-0.05, 0) is 37.1 Å². The minimum Gasteiger partial charge on any atom is -0.339 e. The van der Waals surface area contributed by atoms with Gasteiger partial charge in [-0.25, -0.2) is 4.79 Å². The van der Waals surface area contributed by atoms with Gasteiger partial charge in [0.2, 0.25) is 0 Å². The number of carbonyl (C=O) groups is 2. The van der Waals surface area contributed by atoms with Crippen LogP contribution in [0.3, 0.4) is 0 Å². The molecule has 19 heavy (non-hydrogen) atoms. The highest BCUT2D eigenvalue weighted by Gasteiger charge is 2.22. The van der Waals surface area contributed by atoms with Crippen LogP contribution in [-0.2, 0) is 0 Å². The molecule has 0 bridgehead atoms. The van der Waals surface area contributed by atoms with Crippen LogP contribution in [0.25, 0.3) is 0 Å². The SMILES string of the molecule is O=C(c1ccc(N2CCNC2=O)cc1)N1CCCC1. The predicted octanol–water partition coefficient (Wildman–Crippen LogP) is 1.45. The Morgan fingerprint density at radius 2 is 1.74 bits per heavy atom. The molecule has 100 valence electrons. The molecule has 5 heteroatoms. The first-order chi connectivity index (χ1) is 9.25. The van der Waals surface area contributed by atoms with E-state index in [1.807, 2.05) is 29.2 Å². The number of amides is 3. The van der Waals surface area contributed by atoms with Crippen molar-refractivity contribution in [1.82, 2.24) is 10.2 Å². The first kappa shape index (κ1) is 12.0. The van der Waals surface area contributed by atoms with Crippen LogP contribution in [0.4, 0.5) is 10.5 Å². The van der Waals surface area contributed by atoms with Crippen LogP contribution >= 0.6 is 0 Å². The van der Waals surface area contributed by atoms with Gasteiger partial charge >= 0.3 is 6.03 Å². The van der Waals surface area contributed by atoms with Gasteiger partial charge in [0.25, 0.3) is 5.91 Å². The van der Waals surface area contributed by atoms with Gasteiger partial charge in [-0.2, -0.15) is 0 Å². The quantitative estimate of drug-likeness (QED) is 0.874. The molecule has 3 amide bonds. The van der Waals surface area contributed by atoms with Gasteiger partial charge in [0.1, 0.15) is 0 Å². The lowest BCUT2D eigenvalue weighted by molar-refractivity contribution is 0.0793. The van der Waals surface area contributed by atoms with E-state index in [1.54, 1.807) is 4.90 Å². The summed E-state index contributed by atoms with van der Waals surface area (Å²) in [5, 5.41) is 2.76. The third-order valence-corrected chi connectivity index (χ3v) is 3.68. The van der Waals surface area contributed by atoms with Gasteiger partial charge in [0.15, 0.2) is 0 Å². The molecule has 1 aromatic rings. The molecule has 1 aromatic carbocycles. The van der Waals surface area contributed by atoms with Crippen LogP contribution in [0.2, 0.25) is 0 Å². The van der Waals surface area contributed by atoms with Crippen LogP contribution in [0.5, 0.6) is 0 Å². The smallest absolute Gasteiger partial charge is 0.321 e. The summed E-state index contributed by atoms with van der Waals surface area (Å²) in [4.78, 5) is 27.3. The van der Waals surface area contributed by atoms with Crippen molar-refractivity contribution in [2.75, 3.05) is 31.1 Å². The van der Waals surface area contributed by atoms with Crippen LogP contribution in [0.15, 0.2) is 24.3 Å². The van der Waals surface area contributed by atoms with E-state index in [9.17, 15) is 9.59 Å². The van der Waals surface area contributed by atoms with Crippen LogP contribution in [0.1, 0.15) is 23.2 Å². The summed E-state index contributed by atoms with van der Waals surface area (Å²) in [6.45, 7) is 3.07. The lowest BCUT2D eigenvalue weighted by Crippen LogP contribution is -2.29. The Balaban J connectivity index is 1.75. The molecule has 0 unspecified atom stereocenters. The summed E-state index contributed by atoms with van der Waals surface area (Å²) in [7, 11) is 0. The Morgan fingerprint density at radius 1 is 1.05 bits per heavy atom. The number of urea groups is 1. The lowest BCUT2D eigenvalue weighted by Gasteiger charge is -2.17. The highest BCUT2D eigenvalue weighted by molar-refractivity contribution is 5.97. The molecule has 0 atom stereocenters. The monoisotopic (exact) mass is 259 g/mol. The molecule has 2 fully saturated rings. The van der Waals surface area contributed by atoms with Gasteiger partial charge in [0, 0.05) is 37.4 Å². The number of rotatable bonds is 2. The molecule has 1 N–H and O–H groups in total. The first-order valence-electron chi connectivity index (χ1n) is 6.70. The normalized spacial score (nSPS) is 18.8. The number of hydrogen-bond donors (Lipinski definition) is 1. The Bertz CT molecular complexity index is 492. The average Bonchev–Trinajstić information content (AvgIpc) is 3.09. The zero-order valence-electron chi connectivity index (χ0n) is 10.8. The Kier molecular flexibility index (Phi) is 3.11. The second kappa shape index (κ2) is 4.91. The first-order valence-corrected chi connectivity index (χ1v) is 6.70. The van der Waals surface area contributed by atoms with Crippen molar-refractivity contribution in [3.8, 4) is 0 Å². The maximum Gasteiger partial charge on any atom is 0.321 e. The van der Waals surface area contributed by atoms with Crippen LogP contribution in [-0.4, -0.2) is 43.0 Å². The summed E-state index contributed by atoms with van der Waals surface area (Å²) < 4.78 is 0. The molecule has 0 saturated carbocycles. The van der Waals surface area contributed by atoms with E-state index in [2.05, 4.69) is 5.32 Å². The molecular weight excluding hydrogens is 242 g/mol. The average molecular weight is 259 g/mol. The highest BCUT2D eigenvalue weighted by Crippen LogP contribution is 2.19. The fraction of sp³-hybridized carbons (Fsp3) is 0.429. The largest absolute Gasteiger partial charge is 0.339 e. The predicted molar refractivity (Wildman–Crippen MR) is 72.3 cm³/mol. The molecule has 0 spiro atoms.